The molecular formula is C23H19ClN8O. The Kier molecular flexibility index (Phi) is 5.90. The first-order valence-corrected chi connectivity index (χ1v) is 10.3. The molecule has 0 radical (unpaired) electrons. The van der Waals surface area contributed by atoms with E-state index in [1.807, 2.05) is 43.5 Å². The van der Waals surface area contributed by atoms with Crippen LogP contribution in [0.5, 0.6) is 5.75 Å². The van der Waals surface area contributed by atoms with Gasteiger partial charge in [-0.3, -0.25) is 5.32 Å². The van der Waals surface area contributed by atoms with E-state index in [-0.39, 0.29) is 28.8 Å². The number of aryl methyl sites for hydroxylation is 1. The SMILES string of the molecule is Cc1cccc(COc2ccc(Cl)cc2C2N=C(NC#N)Nc3nc(N)c(C#N)c(N)c32)c1. The van der Waals surface area contributed by atoms with Gasteiger partial charge in [-0.15, -0.1) is 0 Å². The van der Waals surface area contributed by atoms with Crippen LogP contribution in [0.4, 0.5) is 17.3 Å². The summed E-state index contributed by atoms with van der Waals surface area (Å²) in [6.07, 6.45) is 1.83. The van der Waals surface area contributed by atoms with Crippen molar-refractivity contribution in [1.29, 1.82) is 10.5 Å². The molecule has 33 heavy (non-hydrogen) atoms. The Morgan fingerprint density at radius 2 is 2.03 bits per heavy atom. The first-order chi connectivity index (χ1) is 15.9. The fourth-order valence-electron chi connectivity index (χ4n) is 3.63. The summed E-state index contributed by atoms with van der Waals surface area (Å²) in [7, 11) is 0. The number of nitrogens with zero attached hydrogens (tertiary/aromatic N) is 4. The molecular weight excluding hydrogens is 440 g/mol. The smallest absolute Gasteiger partial charge is 0.211 e. The first-order valence-electron chi connectivity index (χ1n) is 9.88. The second kappa shape index (κ2) is 8.95. The Hall–Kier alpha value is -4.47. The molecule has 3 aromatic rings. The number of guanidine groups is 1. The number of nitrogen functional groups attached to an aromatic ring is 2. The molecule has 0 amide bonds. The van der Waals surface area contributed by atoms with E-state index in [2.05, 4.69) is 20.6 Å². The number of hydrogen-bond acceptors (Lipinski definition) is 9. The van der Waals surface area contributed by atoms with Gasteiger partial charge in [0.25, 0.3) is 0 Å². The summed E-state index contributed by atoms with van der Waals surface area (Å²) in [4.78, 5) is 8.85. The van der Waals surface area contributed by atoms with E-state index in [0.29, 0.717) is 28.5 Å². The normalized spacial score (nSPS) is 14.2. The van der Waals surface area contributed by atoms with Gasteiger partial charge in [-0.05, 0) is 30.7 Å². The van der Waals surface area contributed by atoms with E-state index in [9.17, 15) is 5.26 Å². The number of nitrogens with two attached hydrogens (primary N) is 2. The van der Waals surface area contributed by atoms with Crippen molar-refractivity contribution in [3.05, 3.63) is 75.3 Å². The van der Waals surface area contributed by atoms with E-state index >= 15 is 0 Å². The fraction of sp³-hybridized carbons (Fsp3) is 0.130. The molecule has 10 heteroatoms. The van der Waals surface area contributed by atoms with Crippen molar-refractivity contribution in [2.75, 3.05) is 16.8 Å². The van der Waals surface area contributed by atoms with Crippen LogP contribution in [0.25, 0.3) is 0 Å². The van der Waals surface area contributed by atoms with Crippen molar-refractivity contribution in [3.63, 3.8) is 0 Å². The molecule has 1 aliphatic heterocycles. The lowest BCUT2D eigenvalue weighted by molar-refractivity contribution is 0.302. The minimum atomic E-state index is -0.761. The maximum absolute atomic E-state index is 9.52. The Balaban J connectivity index is 1.83. The lowest BCUT2D eigenvalue weighted by Gasteiger charge is -2.27. The largest absolute Gasteiger partial charge is 0.489 e. The number of hydrogen-bond donors (Lipinski definition) is 4. The highest BCUT2D eigenvalue weighted by atomic mass is 35.5. The number of pyridine rings is 1. The summed E-state index contributed by atoms with van der Waals surface area (Å²) in [6, 6.07) is 14.4. The number of nitriles is 2. The van der Waals surface area contributed by atoms with Crippen LogP contribution in [0.1, 0.15) is 33.9 Å². The summed E-state index contributed by atoms with van der Waals surface area (Å²) in [5.74, 6) is 0.927. The van der Waals surface area contributed by atoms with Crippen molar-refractivity contribution in [2.24, 2.45) is 4.99 Å². The number of aromatic nitrogens is 1. The van der Waals surface area contributed by atoms with Crippen molar-refractivity contribution >= 4 is 34.9 Å². The Bertz CT molecular complexity index is 1360. The molecule has 0 saturated carbocycles. The van der Waals surface area contributed by atoms with Gasteiger partial charge in [-0.25, -0.2) is 9.98 Å². The molecule has 1 unspecified atom stereocenters. The minimum Gasteiger partial charge on any atom is -0.489 e. The van der Waals surface area contributed by atoms with Gasteiger partial charge < -0.3 is 21.5 Å². The van der Waals surface area contributed by atoms with E-state index in [1.54, 1.807) is 18.2 Å². The third kappa shape index (κ3) is 4.31. The lowest BCUT2D eigenvalue weighted by atomic mass is 9.94. The van der Waals surface area contributed by atoms with Crippen LogP contribution in [0.15, 0.2) is 47.5 Å². The fourth-order valence-corrected chi connectivity index (χ4v) is 3.81. The van der Waals surface area contributed by atoms with Crippen LogP contribution >= 0.6 is 11.6 Å². The van der Waals surface area contributed by atoms with Gasteiger partial charge in [0.2, 0.25) is 5.96 Å². The van der Waals surface area contributed by atoms with Gasteiger partial charge in [0, 0.05) is 16.1 Å². The maximum atomic E-state index is 9.52. The Morgan fingerprint density at radius 3 is 2.76 bits per heavy atom. The number of benzene rings is 2. The topological polar surface area (TPSA) is 158 Å². The van der Waals surface area contributed by atoms with Gasteiger partial charge in [0.05, 0.1) is 5.69 Å². The second-order valence-electron chi connectivity index (χ2n) is 7.36. The summed E-state index contributed by atoms with van der Waals surface area (Å²) < 4.78 is 6.13. The summed E-state index contributed by atoms with van der Waals surface area (Å²) >= 11 is 6.32. The van der Waals surface area contributed by atoms with Crippen molar-refractivity contribution in [3.8, 4) is 18.0 Å². The van der Waals surface area contributed by atoms with Gasteiger partial charge in [0.15, 0.2) is 6.19 Å². The van der Waals surface area contributed by atoms with Gasteiger partial charge in [0.1, 0.15) is 41.7 Å². The van der Waals surface area contributed by atoms with E-state index in [1.165, 1.54) is 0 Å². The molecule has 164 valence electrons. The van der Waals surface area contributed by atoms with Crippen LogP contribution in [0, 0.1) is 29.7 Å². The van der Waals surface area contributed by atoms with Crippen LogP contribution in [0.2, 0.25) is 5.02 Å². The predicted octanol–water partition coefficient (Wildman–Crippen LogP) is 3.60. The Labute approximate surface area is 195 Å². The average molecular weight is 459 g/mol. The number of aliphatic imine (C=N–C) groups is 1. The third-order valence-electron chi connectivity index (χ3n) is 5.10. The van der Waals surface area contributed by atoms with Crippen LogP contribution in [0.3, 0.4) is 0 Å². The number of anilines is 3. The molecule has 1 aliphatic rings. The van der Waals surface area contributed by atoms with Gasteiger partial charge in [-0.1, -0.05) is 41.4 Å². The standard InChI is InChI=1S/C23H19ClN8O/c1-12-3-2-4-13(7-12)10-33-17-6-5-14(24)8-15(17)20-18-19(27)16(9-25)21(28)31-22(18)32-23(30-20)29-11-26/h2-8,20H,10H2,1H3,(H6,27,28,29,30,31,32). The van der Waals surface area contributed by atoms with Crippen molar-refractivity contribution < 1.29 is 4.74 Å². The van der Waals surface area contributed by atoms with E-state index in [4.69, 9.17) is 33.1 Å². The zero-order valence-electron chi connectivity index (χ0n) is 17.6. The molecule has 2 aromatic carbocycles. The van der Waals surface area contributed by atoms with Crippen molar-refractivity contribution in [2.45, 2.75) is 19.6 Å². The highest BCUT2D eigenvalue weighted by Crippen LogP contribution is 2.44. The quantitative estimate of drug-likeness (QED) is 0.341. The van der Waals surface area contributed by atoms with Gasteiger partial charge in [-0.2, -0.15) is 10.5 Å². The van der Waals surface area contributed by atoms with Crippen LogP contribution in [-0.4, -0.2) is 10.9 Å². The van der Waals surface area contributed by atoms with Gasteiger partial charge >= 0.3 is 0 Å². The monoisotopic (exact) mass is 458 g/mol. The number of fused-ring (bicyclic) bond motifs is 1. The highest BCUT2D eigenvalue weighted by Gasteiger charge is 2.31. The molecule has 0 aliphatic carbocycles. The molecule has 1 atom stereocenters. The summed E-state index contributed by atoms with van der Waals surface area (Å²) in [5.41, 5.74) is 15.6. The number of ether oxygens (including phenoxy) is 1. The maximum Gasteiger partial charge on any atom is 0.211 e. The highest BCUT2D eigenvalue weighted by molar-refractivity contribution is 6.30. The number of halogens is 1. The lowest BCUT2D eigenvalue weighted by Crippen LogP contribution is -2.32. The molecule has 9 nitrogen and oxygen atoms in total. The number of nitrogens with one attached hydrogen (secondary N) is 2. The van der Waals surface area contributed by atoms with Crippen LogP contribution in [-0.2, 0) is 6.61 Å². The van der Waals surface area contributed by atoms with E-state index < -0.39 is 6.04 Å². The zero-order chi connectivity index (χ0) is 23.5. The summed E-state index contributed by atoms with van der Waals surface area (Å²) in [6.45, 7) is 2.33. The molecule has 0 bridgehead atoms. The molecule has 0 fully saturated rings. The summed E-state index contributed by atoms with van der Waals surface area (Å²) in [5, 5.41) is 24.4. The van der Waals surface area contributed by atoms with Crippen molar-refractivity contribution in [1.82, 2.24) is 10.3 Å². The third-order valence-corrected chi connectivity index (χ3v) is 5.34. The predicted molar refractivity (Wildman–Crippen MR) is 126 cm³/mol. The molecule has 1 aromatic heterocycles. The molecule has 0 spiro atoms. The van der Waals surface area contributed by atoms with Crippen LogP contribution < -0.4 is 26.8 Å². The minimum absolute atomic E-state index is 0.0276. The molecule has 4 rings (SSSR count). The second-order valence-corrected chi connectivity index (χ2v) is 7.80. The average Bonchev–Trinajstić information content (AvgIpc) is 2.78. The Morgan fingerprint density at radius 1 is 1.21 bits per heavy atom. The molecule has 0 saturated heterocycles. The molecule has 6 N–H and O–H groups in total. The van der Waals surface area contributed by atoms with E-state index in [0.717, 1.165) is 11.1 Å². The first kappa shape index (κ1) is 21.8. The number of rotatable bonds is 4. The zero-order valence-corrected chi connectivity index (χ0v) is 18.3. The molecule has 2 heterocycles.